The van der Waals surface area contributed by atoms with Crippen LogP contribution >= 0.6 is 0 Å². The first-order chi connectivity index (χ1) is 10.8. The fraction of sp³-hybridized carbons (Fsp3) is 0.611. The zero-order valence-electron chi connectivity index (χ0n) is 13.2. The van der Waals surface area contributed by atoms with Crippen molar-refractivity contribution < 1.29 is 9.53 Å². The van der Waals surface area contributed by atoms with Crippen LogP contribution in [0, 0.1) is 5.92 Å². The van der Waals surface area contributed by atoms with E-state index in [1.165, 1.54) is 37.1 Å². The van der Waals surface area contributed by atoms with Crippen LogP contribution in [0.15, 0.2) is 12.1 Å². The van der Waals surface area contributed by atoms with E-state index in [9.17, 15) is 4.79 Å². The average molecular weight is 300 g/mol. The summed E-state index contributed by atoms with van der Waals surface area (Å²) < 4.78 is 5.44. The molecule has 3 heterocycles. The lowest BCUT2D eigenvalue weighted by atomic mass is 9.84. The predicted octanol–water partition coefficient (Wildman–Crippen LogP) is 2.01. The van der Waals surface area contributed by atoms with Gasteiger partial charge in [-0.15, -0.1) is 0 Å². The minimum atomic E-state index is 0.111. The molecule has 1 aliphatic carbocycles. The predicted molar refractivity (Wildman–Crippen MR) is 85.4 cm³/mol. The van der Waals surface area contributed by atoms with Crippen molar-refractivity contribution in [2.24, 2.45) is 5.92 Å². The molecule has 1 aromatic carbocycles. The Balaban J connectivity index is 1.55. The number of hydrogen-bond donors (Lipinski definition) is 1. The summed E-state index contributed by atoms with van der Waals surface area (Å²) in [6, 6.07) is 4.23. The summed E-state index contributed by atoms with van der Waals surface area (Å²) in [7, 11) is 1.71. The number of benzene rings is 1. The Morgan fingerprint density at radius 1 is 1.23 bits per heavy atom. The Hall–Kier alpha value is -1.55. The smallest absolute Gasteiger partial charge is 0.251 e. The van der Waals surface area contributed by atoms with Gasteiger partial charge >= 0.3 is 0 Å². The molecule has 1 atom stereocenters. The first-order valence-electron chi connectivity index (χ1n) is 8.48. The van der Waals surface area contributed by atoms with Crippen molar-refractivity contribution in [3.8, 4) is 5.75 Å². The summed E-state index contributed by atoms with van der Waals surface area (Å²) >= 11 is 0. The first-order valence-corrected chi connectivity index (χ1v) is 8.48. The van der Waals surface area contributed by atoms with Crippen LogP contribution in [0.4, 0.5) is 0 Å². The van der Waals surface area contributed by atoms with E-state index in [1.807, 2.05) is 12.1 Å². The summed E-state index contributed by atoms with van der Waals surface area (Å²) in [5.74, 6) is 1.71. The van der Waals surface area contributed by atoms with Gasteiger partial charge in [-0.2, -0.15) is 0 Å². The maximum Gasteiger partial charge on any atom is 0.251 e. The zero-order valence-corrected chi connectivity index (χ0v) is 13.2. The van der Waals surface area contributed by atoms with Crippen molar-refractivity contribution in [1.82, 2.24) is 10.2 Å². The summed E-state index contributed by atoms with van der Waals surface area (Å²) in [5, 5.41) is 3.31. The van der Waals surface area contributed by atoms with Gasteiger partial charge in [-0.25, -0.2) is 0 Å². The molecule has 22 heavy (non-hydrogen) atoms. The van der Waals surface area contributed by atoms with E-state index in [4.69, 9.17) is 4.74 Å². The second-order valence-electron chi connectivity index (χ2n) is 6.84. The van der Waals surface area contributed by atoms with Crippen LogP contribution in [0.3, 0.4) is 0 Å². The first kappa shape index (κ1) is 14.1. The van der Waals surface area contributed by atoms with E-state index in [0.29, 0.717) is 12.0 Å². The Bertz CT molecular complexity index is 591. The SMILES string of the molecule is COc1ccc(C(=O)NC2CN3CCC2CC3)c2c1CCC2. The fourth-order valence-electron chi connectivity index (χ4n) is 4.45. The van der Waals surface area contributed by atoms with Gasteiger partial charge in [-0.3, -0.25) is 4.79 Å². The maximum absolute atomic E-state index is 12.8. The monoisotopic (exact) mass is 300 g/mol. The van der Waals surface area contributed by atoms with Crippen molar-refractivity contribution >= 4 is 5.91 Å². The van der Waals surface area contributed by atoms with E-state index in [-0.39, 0.29) is 5.91 Å². The molecule has 3 saturated heterocycles. The number of rotatable bonds is 3. The van der Waals surface area contributed by atoms with Crippen molar-refractivity contribution in [2.75, 3.05) is 26.7 Å². The molecule has 5 rings (SSSR count). The highest BCUT2D eigenvalue weighted by molar-refractivity contribution is 5.96. The van der Waals surface area contributed by atoms with E-state index in [0.717, 1.165) is 37.1 Å². The third-order valence-corrected chi connectivity index (χ3v) is 5.68. The lowest BCUT2D eigenvalue weighted by Gasteiger charge is -2.45. The molecule has 1 aromatic rings. The topological polar surface area (TPSA) is 41.6 Å². The van der Waals surface area contributed by atoms with Crippen LogP contribution in [0.2, 0.25) is 0 Å². The molecule has 0 radical (unpaired) electrons. The highest BCUT2D eigenvalue weighted by atomic mass is 16.5. The summed E-state index contributed by atoms with van der Waals surface area (Å²) in [6.45, 7) is 3.43. The Morgan fingerprint density at radius 3 is 2.68 bits per heavy atom. The molecule has 2 bridgehead atoms. The van der Waals surface area contributed by atoms with Gasteiger partial charge in [0.15, 0.2) is 0 Å². The normalized spacial score (nSPS) is 29.2. The number of nitrogens with zero attached hydrogens (tertiary/aromatic N) is 1. The number of hydrogen-bond acceptors (Lipinski definition) is 3. The molecule has 4 aliphatic rings. The van der Waals surface area contributed by atoms with Crippen LogP contribution in [-0.4, -0.2) is 43.6 Å². The quantitative estimate of drug-likeness (QED) is 0.928. The van der Waals surface area contributed by atoms with Crippen LogP contribution in [0.1, 0.15) is 40.7 Å². The molecule has 1 N–H and O–H groups in total. The van der Waals surface area contributed by atoms with E-state index >= 15 is 0 Å². The van der Waals surface area contributed by atoms with Crippen LogP contribution < -0.4 is 10.1 Å². The number of piperidine rings is 3. The number of carbonyl (C=O) groups excluding carboxylic acids is 1. The standard InChI is InChI=1S/C18H24N2O2/c1-22-17-6-5-15(13-3-2-4-14(13)17)18(21)19-16-11-20-9-7-12(16)8-10-20/h5-6,12,16H,2-4,7-11H2,1H3,(H,19,21). The molecule has 118 valence electrons. The summed E-state index contributed by atoms with van der Waals surface area (Å²) in [5.41, 5.74) is 3.31. The number of amides is 1. The van der Waals surface area contributed by atoms with Gasteiger partial charge in [0, 0.05) is 18.2 Å². The van der Waals surface area contributed by atoms with Gasteiger partial charge in [-0.05, 0) is 74.4 Å². The van der Waals surface area contributed by atoms with Crippen molar-refractivity contribution in [1.29, 1.82) is 0 Å². The third kappa shape index (κ3) is 2.30. The molecule has 4 nitrogen and oxygen atoms in total. The van der Waals surface area contributed by atoms with Crippen molar-refractivity contribution in [3.05, 3.63) is 28.8 Å². The van der Waals surface area contributed by atoms with Gasteiger partial charge in [0.25, 0.3) is 5.91 Å². The van der Waals surface area contributed by atoms with Crippen LogP contribution in [-0.2, 0) is 12.8 Å². The molecule has 1 amide bonds. The molecular weight excluding hydrogens is 276 g/mol. The van der Waals surface area contributed by atoms with E-state index in [1.54, 1.807) is 7.11 Å². The zero-order chi connectivity index (χ0) is 15.1. The molecule has 0 spiro atoms. The molecule has 3 aliphatic heterocycles. The average Bonchev–Trinajstić information content (AvgIpc) is 3.04. The van der Waals surface area contributed by atoms with E-state index < -0.39 is 0 Å². The van der Waals surface area contributed by atoms with Gasteiger partial charge in [0.1, 0.15) is 5.75 Å². The van der Waals surface area contributed by atoms with E-state index in [2.05, 4.69) is 10.2 Å². The number of ether oxygens (including phenoxy) is 1. The van der Waals surface area contributed by atoms with Gasteiger partial charge in [0.2, 0.25) is 0 Å². The number of carbonyl (C=O) groups is 1. The summed E-state index contributed by atoms with van der Waals surface area (Å²) in [4.78, 5) is 15.3. The Labute approximate surface area is 131 Å². The molecule has 3 fully saturated rings. The molecule has 0 saturated carbocycles. The Kier molecular flexibility index (Phi) is 3.57. The second-order valence-corrected chi connectivity index (χ2v) is 6.84. The van der Waals surface area contributed by atoms with Gasteiger partial charge in [-0.1, -0.05) is 0 Å². The van der Waals surface area contributed by atoms with Crippen molar-refractivity contribution in [3.63, 3.8) is 0 Å². The molecule has 0 aromatic heterocycles. The van der Waals surface area contributed by atoms with Gasteiger partial charge in [0.05, 0.1) is 7.11 Å². The van der Waals surface area contributed by atoms with Crippen LogP contribution in [0.25, 0.3) is 0 Å². The molecule has 4 heteroatoms. The lowest BCUT2D eigenvalue weighted by molar-refractivity contribution is 0.0620. The van der Waals surface area contributed by atoms with Gasteiger partial charge < -0.3 is 15.0 Å². The third-order valence-electron chi connectivity index (χ3n) is 5.68. The number of methoxy groups -OCH3 is 1. The number of nitrogens with one attached hydrogen (secondary N) is 1. The molecular formula is C18H24N2O2. The minimum Gasteiger partial charge on any atom is -0.496 e. The number of fused-ring (bicyclic) bond motifs is 4. The highest BCUT2D eigenvalue weighted by Gasteiger charge is 2.35. The highest BCUT2D eigenvalue weighted by Crippen LogP contribution is 2.34. The molecule has 1 unspecified atom stereocenters. The second kappa shape index (κ2) is 5.58. The summed E-state index contributed by atoms with van der Waals surface area (Å²) in [6.07, 6.45) is 5.60. The largest absolute Gasteiger partial charge is 0.496 e. The van der Waals surface area contributed by atoms with Crippen LogP contribution in [0.5, 0.6) is 5.75 Å². The van der Waals surface area contributed by atoms with Crippen molar-refractivity contribution in [2.45, 2.75) is 38.1 Å². The Morgan fingerprint density at radius 2 is 2.00 bits per heavy atom. The maximum atomic E-state index is 12.8. The fourth-order valence-corrected chi connectivity index (χ4v) is 4.45. The minimum absolute atomic E-state index is 0.111. The lowest BCUT2D eigenvalue weighted by Crippen LogP contribution is -2.57.